The van der Waals surface area contributed by atoms with Crippen molar-refractivity contribution in [2.45, 2.75) is 39.7 Å². The molecule has 3 nitrogen and oxygen atoms in total. The molecule has 0 saturated heterocycles. The Balaban J connectivity index is 2.45. The van der Waals surface area contributed by atoms with Gasteiger partial charge >= 0.3 is 0 Å². The maximum absolute atomic E-state index is 11.9. The van der Waals surface area contributed by atoms with Crippen LogP contribution in [0.5, 0.6) is 0 Å². The van der Waals surface area contributed by atoms with Gasteiger partial charge in [-0.3, -0.25) is 4.79 Å². The van der Waals surface area contributed by atoms with Crippen molar-refractivity contribution in [3.05, 3.63) is 35.4 Å². The third-order valence-corrected chi connectivity index (χ3v) is 2.95. The molecule has 1 unspecified atom stereocenters. The molecular weight excluding hydrogens is 240 g/mol. The van der Waals surface area contributed by atoms with Gasteiger partial charge in [-0.2, -0.15) is 0 Å². The number of benzene rings is 1. The number of carbonyl (C=O) groups is 1. The van der Waals surface area contributed by atoms with Gasteiger partial charge in [-0.1, -0.05) is 38.1 Å². The lowest BCUT2D eigenvalue weighted by atomic mass is 10.0. The van der Waals surface area contributed by atoms with E-state index in [1.54, 1.807) is 0 Å². The molecule has 0 amide bonds. The summed E-state index contributed by atoms with van der Waals surface area (Å²) in [6, 6.07) is 7.74. The van der Waals surface area contributed by atoms with E-state index < -0.39 is 0 Å². The molecule has 1 atom stereocenters. The summed E-state index contributed by atoms with van der Waals surface area (Å²) in [4.78, 5) is 11.9. The van der Waals surface area contributed by atoms with Crippen molar-refractivity contribution in [3.63, 3.8) is 0 Å². The lowest BCUT2D eigenvalue weighted by Gasteiger charge is -2.12. The van der Waals surface area contributed by atoms with Crippen molar-refractivity contribution in [2.24, 2.45) is 0 Å². The van der Waals surface area contributed by atoms with Crippen LogP contribution in [0.3, 0.4) is 0 Å². The van der Waals surface area contributed by atoms with Crippen LogP contribution in [0.4, 0.5) is 0 Å². The smallest absolute Gasteiger partial charge is 0.188 e. The first-order valence-corrected chi connectivity index (χ1v) is 6.87. The van der Waals surface area contributed by atoms with Gasteiger partial charge in [0.05, 0.1) is 12.7 Å². The molecule has 3 heteroatoms. The highest BCUT2D eigenvalue weighted by Gasteiger charge is 2.09. The van der Waals surface area contributed by atoms with E-state index in [0.29, 0.717) is 24.7 Å². The molecule has 106 valence electrons. The van der Waals surface area contributed by atoms with E-state index in [4.69, 9.17) is 9.47 Å². The fraction of sp³-hybridized carbons (Fsp3) is 0.562. The Bertz CT molecular complexity index is 381. The summed E-state index contributed by atoms with van der Waals surface area (Å²) in [6.45, 7) is 9.41. The Morgan fingerprint density at radius 2 is 1.79 bits per heavy atom. The van der Waals surface area contributed by atoms with Gasteiger partial charge in [-0.05, 0) is 25.3 Å². The molecule has 0 radical (unpaired) electrons. The van der Waals surface area contributed by atoms with Gasteiger partial charge in [0.25, 0.3) is 0 Å². The molecule has 0 heterocycles. The summed E-state index contributed by atoms with van der Waals surface area (Å²) in [7, 11) is 0. The monoisotopic (exact) mass is 264 g/mol. The van der Waals surface area contributed by atoms with Crippen LogP contribution in [0.2, 0.25) is 0 Å². The van der Waals surface area contributed by atoms with Gasteiger partial charge in [0, 0.05) is 12.2 Å². The van der Waals surface area contributed by atoms with Crippen LogP contribution in [-0.4, -0.2) is 31.7 Å². The Morgan fingerprint density at radius 3 is 2.32 bits per heavy atom. The number of hydrogen-bond donors (Lipinski definition) is 0. The van der Waals surface area contributed by atoms with Crippen molar-refractivity contribution >= 4 is 5.78 Å². The summed E-state index contributed by atoms with van der Waals surface area (Å²) in [5.41, 5.74) is 1.94. The van der Waals surface area contributed by atoms with Crippen LogP contribution in [0, 0.1) is 0 Å². The van der Waals surface area contributed by atoms with Crippen LogP contribution >= 0.6 is 0 Å². The SMILES string of the molecule is CCOCC(C)OCC(=O)c1ccc(C(C)C)cc1. The molecule has 0 bridgehead atoms. The van der Waals surface area contributed by atoms with Gasteiger partial charge in [0.2, 0.25) is 0 Å². The highest BCUT2D eigenvalue weighted by Crippen LogP contribution is 2.15. The molecule has 0 aromatic heterocycles. The minimum Gasteiger partial charge on any atom is -0.379 e. The Morgan fingerprint density at radius 1 is 1.16 bits per heavy atom. The van der Waals surface area contributed by atoms with E-state index in [1.807, 2.05) is 38.1 Å². The predicted molar refractivity (Wildman–Crippen MR) is 76.8 cm³/mol. The summed E-state index contributed by atoms with van der Waals surface area (Å²) in [6.07, 6.45) is -0.0566. The van der Waals surface area contributed by atoms with Crippen molar-refractivity contribution in [1.82, 2.24) is 0 Å². The number of rotatable bonds is 8. The van der Waals surface area contributed by atoms with Crippen molar-refractivity contribution in [2.75, 3.05) is 19.8 Å². The average Bonchev–Trinajstić information content (AvgIpc) is 2.42. The van der Waals surface area contributed by atoms with E-state index in [2.05, 4.69) is 13.8 Å². The molecule has 0 aliphatic carbocycles. The molecular formula is C16H24O3. The highest BCUT2D eigenvalue weighted by molar-refractivity contribution is 5.97. The number of carbonyl (C=O) groups excluding carboxylic acids is 1. The minimum absolute atomic E-state index is 0.0126. The predicted octanol–water partition coefficient (Wildman–Crippen LogP) is 3.43. The van der Waals surface area contributed by atoms with Crippen LogP contribution in [0.1, 0.15) is 49.5 Å². The van der Waals surface area contributed by atoms with Gasteiger partial charge in [-0.15, -0.1) is 0 Å². The van der Waals surface area contributed by atoms with Gasteiger partial charge < -0.3 is 9.47 Å². The molecule has 0 N–H and O–H groups in total. The number of ether oxygens (including phenoxy) is 2. The molecule has 0 saturated carbocycles. The number of Topliss-reactive ketones (excluding diaryl/α,β-unsaturated/α-hetero) is 1. The van der Waals surface area contributed by atoms with Crippen LogP contribution in [0.25, 0.3) is 0 Å². The topological polar surface area (TPSA) is 35.5 Å². The lowest BCUT2D eigenvalue weighted by molar-refractivity contribution is 0.00115. The standard InChI is InChI=1S/C16H24O3/c1-5-18-10-13(4)19-11-16(17)15-8-6-14(7-9-15)12(2)3/h6-9,12-13H,5,10-11H2,1-4H3. The average molecular weight is 264 g/mol. The quantitative estimate of drug-likeness (QED) is 0.675. The molecule has 19 heavy (non-hydrogen) atoms. The fourth-order valence-corrected chi connectivity index (χ4v) is 1.69. The summed E-state index contributed by atoms with van der Waals surface area (Å²) < 4.78 is 10.7. The summed E-state index contributed by atoms with van der Waals surface area (Å²) in [5.74, 6) is 0.491. The number of ketones is 1. The maximum Gasteiger partial charge on any atom is 0.188 e. The van der Waals surface area contributed by atoms with E-state index in [0.717, 1.165) is 0 Å². The fourth-order valence-electron chi connectivity index (χ4n) is 1.69. The van der Waals surface area contributed by atoms with Crippen LogP contribution < -0.4 is 0 Å². The second-order valence-corrected chi connectivity index (χ2v) is 4.98. The molecule has 0 aliphatic heterocycles. The molecule has 1 rings (SSSR count). The van der Waals surface area contributed by atoms with E-state index in [1.165, 1.54) is 5.56 Å². The van der Waals surface area contributed by atoms with Crippen molar-refractivity contribution in [1.29, 1.82) is 0 Å². The third-order valence-electron chi connectivity index (χ3n) is 2.95. The van der Waals surface area contributed by atoms with Crippen molar-refractivity contribution < 1.29 is 14.3 Å². The summed E-state index contributed by atoms with van der Waals surface area (Å²) >= 11 is 0. The van der Waals surface area contributed by atoms with E-state index >= 15 is 0 Å². The first kappa shape index (κ1) is 15.9. The maximum atomic E-state index is 11.9. The van der Waals surface area contributed by atoms with Gasteiger partial charge in [0.1, 0.15) is 6.61 Å². The highest BCUT2D eigenvalue weighted by atomic mass is 16.5. The first-order valence-electron chi connectivity index (χ1n) is 6.87. The third kappa shape index (κ3) is 5.53. The zero-order chi connectivity index (χ0) is 14.3. The molecule has 0 spiro atoms. The molecule has 0 fully saturated rings. The van der Waals surface area contributed by atoms with E-state index in [9.17, 15) is 4.79 Å². The largest absolute Gasteiger partial charge is 0.379 e. The molecule has 1 aromatic rings. The Labute approximate surface area is 115 Å². The molecule has 1 aromatic carbocycles. The van der Waals surface area contributed by atoms with Gasteiger partial charge in [0.15, 0.2) is 5.78 Å². The van der Waals surface area contributed by atoms with Crippen LogP contribution in [0.15, 0.2) is 24.3 Å². The van der Waals surface area contributed by atoms with Crippen LogP contribution in [-0.2, 0) is 9.47 Å². The Hall–Kier alpha value is -1.19. The number of hydrogen-bond acceptors (Lipinski definition) is 3. The molecule has 0 aliphatic rings. The second-order valence-electron chi connectivity index (χ2n) is 4.98. The second kappa shape index (κ2) is 8.08. The first-order chi connectivity index (χ1) is 9.04. The zero-order valence-electron chi connectivity index (χ0n) is 12.3. The van der Waals surface area contributed by atoms with Gasteiger partial charge in [-0.25, -0.2) is 0 Å². The summed E-state index contributed by atoms with van der Waals surface area (Å²) in [5, 5.41) is 0. The minimum atomic E-state index is -0.0566. The zero-order valence-corrected chi connectivity index (χ0v) is 12.3. The van der Waals surface area contributed by atoms with Crippen molar-refractivity contribution in [3.8, 4) is 0 Å². The lowest BCUT2D eigenvalue weighted by Crippen LogP contribution is -2.20. The normalized spacial score (nSPS) is 12.7. The Kier molecular flexibility index (Phi) is 6.74. The van der Waals surface area contributed by atoms with E-state index in [-0.39, 0.29) is 18.5 Å².